The van der Waals surface area contributed by atoms with Crippen LogP contribution in [-0.2, 0) is 12.0 Å². The molecule has 2 heteroatoms. The minimum absolute atomic E-state index is 0.0764. The molecule has 2 aromatic carbocycles. The monoisotopic (exact) mass is 308 g/mol. The van der Waals surface area contributed by atoms with E-state index in [0.717, 1.165) is 17.4 Å². The first-order valence-electron chi connectivity index (χ1n) is 8.77. The zero-order valence-corrected chi connectivity index (χ0v) is 14.3. The Morgan fingerprint density at radius 3 is 2.48 bits per heavy atom. The minimum atomic E-state index is -0.0764. The zero-order chi connectivity index (χ0) is 16.2. The fourth-order valence-corrected chi connectivity index (χ4v) is 5.78. The third kappa shape index (κ3) is 1.56. The number of aliphatic hydroxyl groups excluding tert-OH is 1. The Morgan fingerprint density at radius 2 is 1.78 bits per heavy atom. The van der Waals surface area contributed by atoms with Crippen LogP contribution in [0.1, 0.15) is 49.1 Å². The maximum atomic E-state index is 10.1. The molecule has 2 aliphatic rings. The standard InChI is InChI=1S/C21H26NO/c1-4-22(15(2)14-23)20-13-16-9-5-7-11-18(16)21(22,3)19-12-8-6-10-17(19)20/h5-12,15,20,23H,4,13-14H2,1-3H3/q+1/t15?,20-,21+,22-/m1/s1. The summed E-state index contributed by atoms with van der Waals surface area (Å²) in [5.41, 5.74) is 5.78. The molecular weight excluding hydrogens is 282 g/mol. The quantitative estimate of drug-likeness (QED) is 0.856. The van der Waals surface area contributed by atoms with Gasteiger partial charge in [0.15, 0.2) is 0 Å². The van der Waals surface area contributed by atoms with Crippen LogP contribution in [0.25, 0.3) is 0 Å². The molecule has 120 valence electrons. The van der Waals surface area contributed by atoms with Gasteiger partial charge in [-0.3, -0.25) is 0 Å². The number of quaternary nitrogens is 1. The highest BCUT2D eigenvalue weighted by molar-refractivity contribution is 5.51. The van der Waals surface area contributed by atoms with Gasteiger partial charge in [0.25, 0.3) is 0 Å². The third-order valence-corrected chi connectivity index (χ3v) is 6.76. The summed E-state index contributed by atoms with van der Waals surface area (Å²) in [5.74, 6) is 0. The molecular formula is C21H26NO+. The van der Waals surface area contributed by atoms with Crippen LogP contribution in [0.3, 0.4) is 0 Å². The Bertz CT molecular complexity index is 742. The summed E-state index contributed by atoms with van der Waals surface area (Å²) >= 11 is 0. The Hall–Kier alpha value is -1.64. The highest BCUT2D eigenvalue weighted by Crippen LogP contribution is 2.61. The SMILES string of the molecule is CC[N@@+]1(C(C)CO)[C@@H]2Cc3ccccc3[C@@]1(C)c1ccccc12. The molecule has 1 N–H and O–H groups in total. The molecule has 4 atom stereocenters. The summed E-state index contributed by atoms with van der Waals surface area (Å²) in [5, 5.41) is 10.1. The van der Waals surface area contributed by atoms with Crippen LogP contribution in [-0.4, -0.2) is 28.8 Å². The number of likely N-dealkylation sites (N-methyl/N-ethyl adjacent to an activating group) is 1. The van der Waals surface area contributed by atoms with Gasteiger partial charge in [0.05, 0.1) is 13.2 Å². The van der Waals surface area contributed by atoms with Crippen molar-refractivity contribution in [3.63, 3.8) is 0 Å². The van der Waals surface area contributed by atoms with Crippen molar-refractivity contribution < 1.29 is 9.59 Å². The van der Waals surface area contributed by atoms with Gasteiger partial charge >= 0.3 is 0 Å². The van der Waals surface area contributed by atoms with Gasteiger partial charge in [-0.2, -0.15) is 0 Å². The molecule has 0 aliphatic carbocycles. The third-order valence-electron chi connectivity index (χ3n) is 6.76. The lowest BCUT2D eigenvalue weighted by molar-refractivity contribution is -1.02. The normalized spacial score (nSPS) is 32.3. The molecule has 2 heterocycles. The van der Waals surface area contributed by atoms with E-state index in [1.165, 1.54) is 22.3 Å². The number of nitrogens with zero attached hydrogens (tertiary/aromatic N) is 1. The van der Waals surface area contributed by atoms with Gasteiger partial charge in [-0.1, -0.05) is 48.5 Å². The number of fused-ring (bicyclic) bond motifs is 7. The first-order chi connectivity index (χ1) is 11.1. The zero-order valence-electron chi connectivity index (χ0n) is 14.3. The van der Waals surface area contributed by atoms with Gasteiger partial charge in [-0.15, -0.1) is 0 Å². The Morgan fingerprint density at radius 1 is 1.13 bits per heavy atom. The molecule has 0 saturated heterocycles. The van der Waals surface area contributed by atoms with E-state index in [4.69, 9.17) is 0 Å². The molecule has 0 aromatic heterocycles. The summed E-state index contributed by atoms with van der Waals surface area (Å²) < 4.78 is 0.944. The first-order valence-corrected chi connectivity index (χ1v) is 8.77. The van der Waals surface area contributed by atoms with Gasteiger partial charge < -0.3 is 9.59 Å². The largest absolute Gasteiger partial charge is 0.390 e. The minimum Gasteiger partial charge on any atom is -0.390 e. The van der Waals surface area contributed by atoms with E-state index in [1.54, 1.807) is 0 Å². The van der Waals surface area contributed by atoms with Crippen molar-refractivity contribution in [3.05, 3.63) is 70.8 Å². The van der Waals surface area contributed by atoms with E-state index in [1.807, 2.05) is 0 Å². The fourth-order valence-electron chi connectivity index (χ4n) is 5.78. The van der Waals surface area contributed by atoms with E-state index < -0.39 is 0 Å². The summed E-state index contributed by atoms with van der Waals surface area (Å²) in [6, 6.07) is 18.5. The summed E-state index contributed by atoms with van der Waals surface area (Å²) in [7, 11) is 0. The van der Waals surface area contributed by atoms with Crippen LogP contribution in [0, 0.1) is 0 Å². The Kier molecular flexibility index (Phi) is 3.20. The van der Waals surface area contributed by atoms with Crippen LogP contribution >= 0.6 is 0 Å². The topological polar surface area (TPSA) is 20.2 Å². The second kappa shape index (κ2) is 4.93. The van der Waals surface area contributed by atoms with Crippen molar-refractivity contribution in [3.8, 4) is 0 Å². The van der Waals surface area contributed by atoms with Crippen LogP contribution in [0.5, 0.6) is 0 Å². The molecule has 4 rings (SSSR count). The van der Waals surface area contributed by atoms with Crippen molar-refractivity contribution in [2.24, 2.45) is 0 Å². The first kappa shape index (κ1) is 14.9. The average Bonchev–Trinajstić information content (AvgIpc) is 2.74. The van der Waals surface area contributed by atoms with E-state index in [0.29, 0.717) is 6.04 Å². The molecule has 23 heavy (non-hydrogen) atoms. The Balaban J connectivity index is 2.10. The van der Waals surface area contributed by atoms with Gasteiger partial charge in [-0.25, -0.2) is 0 Å². The van der Waals surface area contributed by atoms with E-state index in [9.17, 15) is 5.11 Å². The average molecular weight is 308 g/mol. The second-order valence-electron chi connectivity index (χ2n) is 7.31. The van der Waals surface area contributed by atoms with Gasteiger partial charge in [0.1, 0.15) is 17.6 Å². The lowest BCUT2D eigenvalue weighted by atomic mass is 9.77. The molecule has 2 aromatic rings. The van der Waals surface area contributed by atoms with Crippen LogP contribution in [0.4, 0.5) is 0 Å². The number of aliphatic hydroxyl groups is 1. The highest BCUT2D eigenvalue weighted by atomic mass is 16.3. The second-order valence-corrected chi connectivity index (χ2v) is 7.31. The van der Waals surface area contributed by atoms with Gasteiger partial charge in [-0.05, 0) is 26.3 Å². The van der Waals surface area contributed by atoms with Gasteiger partial charge in [0, 0.05) is 23.1 Å². The molecule has 2 aliphatic heterocycles. The van der Waals surface area contributed by atoms with Crippen molar-refractivity contribution in [1.29, 1.82) is 0 Å². The highest BCUT2D eigenvalue weighted by Gasteiger charge is 2.65. The van der Waals surface area contributed by atoms with Crippen LogP contribution in [0.2, 0.25) is 0 Å². The smallest absolute Gasteiger partial charge is 0.149 e. The van der Waals surface area contributed by atoms with E-state index in [2.05, 4.69) is 69.3 Å². The van der Waals surface area contributed by atoms with Crippen molar-refractivity contribution in [1.82, 2.24) is 0 Å². The van der Waals surface area contributed by atoms with Crippen LogP contribution < -0.4 is 0 Å². The molecule has 0 fully saturated rings. The molecule has 0 saturated carbocycles. The maximum Gasteiger partial charge on any atom is 0.149 e. The number of hydrogen-bond donors (Lipinski definition) is 1. The Labute approximate surface area is 139 Å². The summed E-state index contributed by atoms with van der Waals surface area (Å²) in [4.78, 5) is 0. The predicted octanol–water partition coefficient (Wildman–Crippen LogP) is 3.78. The number of benzene rings is 2. The molecule has 0 radical (unpaired) electrons. The van der Waals surface area contributed by atoms with E-state index in [-0.39, 0.29) is 18.2 Å². The fraction of sp³-hybridized carbons (Fsp3) is 0.429. The number of hydrogen-bond acceptors (Lipinski definition) is 1. The molecule has 0 spiro atoms. The molecule has 2 nitrogen and oxygen atoms in total. The van der Waals surface area contributed by atoms with Crippen molar-refractivity contribution in [2.75, 3.05) is 13.2 Å². The lowest BCUT2D eigenvalue weighted by Gasteiger charge is -2.57. The number of rotatable bonds is 3. The van der Waals surface area contributed by atoms with Gasteiger partial charge in [0.2, 0.25) is 0 Å². The van der Waals surface area contributed by atoms with Crippen molar-refractivity contribution >= 4 is 0 Å². The van der Waals surface area contributed by atoms with E-state index >= 15 is 0 Å². The summed E-state index contributed by atoms with van der Waals surface area (Å²) in [6.45, 7) is 8.17. The van der Waals surface area contributed by atoms with Crippen molar-refractivity contribution in [2.45, 2.75) is 44.8 Å². The lowest BCUT2D eigenvalue weighted by Crippen LogP contribution is -2.66. The molecule has 0 amide bonds. The molecule has 1 unspecified atom stereocenters. The maximum absolute atomic E-state index is 10.1. The predicted molar refractivity (Wildman–Crippen MR) is 93.1 cm³/mol. The summed E-state index contributed by atoms with van der Waals surface area (Å²) in [6.07, 6.45) is 1.07. The van der Waals surface area contributed by atoms with Crippen LogP contribution in [0.15, 0.2) is 48.5 Å². The molecule has 2 bridgehead atoms.